The average molecular weight is 258 g/mol. The van der Waals surface area contributed by atoms with Gasteiger partial charge in [0.15, 0.2) is 0 Å². The molecular weight excluding hydrogens is 240 g/mol. The second kappa shape index (κ2) is 5.01. The minimum Gasteiger partial charge on any atom is -0.444 e. The fourth-order valence-corrected chi connectivity index (χ4v) is 2.51. The van der Waals surface area contributed by atoms with Crippen LogP contribution in [0.2, 0.25) is 0 Å². The van der Waals surface area contributed by atoms with Crippen LogP contribution in [0.3, 0.4) is 0 Å². The molecule has 1 saturated heterocycles. The van der Waals surface area contributed by atoms with Gasteiger partial charge in [0.2, 0.25) is 5.89 Å². The highest BCUT2D eigenvalue weighted by atomic mass is 16.3. The van der Waals surface area contributed by atoms with E-state index in [0.29, 0.717) is 11.9 Å². The van der Waals surface area contributed by atoms with Gasteiger partial charge in [-0.3, -0.25) is 0 Å². The number of nitrogens with zero attached hydrogens (tertiary/aromatic N) is 3. The first-order chi connectivity index (χ1) is 9.24. The van der Waals surface area contributed by atoms with Crippen LogP contribution in [0.1, 0.15) is 12.5 Å². The lowest BCUT2D eigenvalue weighted by atomic mass is 10.1. The quantitative estimate of drug-likeness (QED) is 0.890. The molecule has 1 aliphatic rings. The summed E-state index contributed by atoms with van der Waals surface area (Å²) in [6, 6.07) is 2.59. The highest BCUT2D eigenvalue weighted by Gasteiger charge is 2.19. The van der Waals surface area contributed by atoms with Gasteiger partial charge in [-0.05, 0) is 25.5 Å². The Morgan fingerprint density at radius 2 is 2.32 bits per heavy atom. The zero-order valence-electron chi connectivity index (χ0n) is 11.3. The number of piperazine rings is 1. The Morgan fingerprint density at radius 1 is 1.42 bits per heavy atom. The van der Waals surface area contributed by atoms with Crippen LogP contribution in [0.4, 0.5) is 5.82 Å². The third kappa shape index (κ3) is 2.46. The Bertz CT molecular complexity index is 553. The Labute approximate surface area is 112 Å². The van der Waals surface area contributed by atoms with Crippen LogP contribution in [-0.4, -0.2) is 35.6 Å². The lowest BCUT2D eigenvalue weighted by Crippen LogP contribution is -2.49. The monoisotopic (exact) mass is 258 g/mol. The van der Waals surface area contributed by atoms with Gasteiger partial charge in [0, 0.05) is 31.9 Å². The van der Waals surface area contributed by atoms with Crippen LogP contribution in [-0.2, 0) is 0 Å². The molecule has 3 rings (SSSR count). The number of pyridine rings is 1. The lowest BCUT2D eigenvalue weighted by Gasteiger charge is -2.33. The molecular formula is C14H18N4O. The molecule has 2 aromatic heterocycles. The standard InChI is InChI=1S/C14H18N4O/c1-10-7-12(14-16-4-6-19-14)8-17-13(10)18-5-3-15-11(2)9-18/h4,6-8,11,15H,3,5,9H2,1-2H3/t11-/m1/s1. The Balaban J connectivity index is 1.87. The molecule has 19 heavy (non-hydrogen) atoms. The predicted molar refractivity (Wildman–Crippen MR) is 74.1 cm³/mol. The predicted octanol–water partition coefficient (Wildman–Crippen LogP) is 1.84. The van der Waals surface area contributed by atoms with Crippen molar-refractivity contribution in [1.29, 1.82) is 0 Å². The Hall–Kier alpha value is -1.88. The van der Waals surface area contributed by atoms with Gasteiger partial charge in [-0.25, -0.2) is 9.97 Å². The van der Waals surface area contributed by atoms with E-state index in [4.69, 9.17) is 4.42 Å². The molecule has 1 aliphatic heterocycles. The number of anilines is 1. The summed E-state index contributed by atoms with van der Waals surface area (Å²) in [6.07, 6.45) is 5.06. The van der Waals surface area contributed by atoms with Gasteiger partial charge in [-0.1, -0.05) is 0 Å². The molecule has 1 atom stereocenters. The number of oxazole rings is 1. The van der Waals surface area contributed by atoms with Crippen molar-refractivity contribution in [3.63, 3.8) is 0 Å². The van der Waals surface area contributed by atoms with Gasteiger partial charge in [0.25, 0.3) is 0 Å². The minimum absolute atomic E-state index is 0.501. The van der Waals surface area contributed by atoms with Gasteiger partial charge in [0.1, 0.15) is 12.1 Å². The largest absolute Gasteiger partial charge is 0.444 e. The summed E-state index contributed by atoms with van der Waals surface area (Å²) in [6.45, 7) is 7.27. The smallest absolute Gasteiger partial charge is 0.227 e. The maximum atomic E-state index is 5.30. The summed E-state index contributed by atoms with van der Waals surface area (Å²) >= 11 is 0. The van der Waals surface area contributed by atoms with E-state index in [0.717, 1.165) is 36.6 Å². The third-order valence-corrected chi connectivity index (χ3v) is 3.40. The van der Waals surface area contributed by atoms with E-state index < -0.39 is 0 Å². The maximum Gasteiger partial charge on any atom is 0.227 e. The molecule has 0 radical (unpaired) electrons. The molecule has 0 aromatic carbocycles. The minimum atomic E-state index is 0.501. The molecule has 1 N–H and O–H groups in total. The van der Waals surface area contributed by atoms with E-state index >= 15 is 0 Å². The van der Waals surface area contributed by atoms with Gasteiger partial charge < -0.3 is 14.6 Å². The van der Waals surface area contributed by atoms with Crippen molar-refractivity contribution < 1.29 is 4.42 Å². The molecule has 0 saturated carbocycles. The number of aromatic nitrogens is 2. The highest BCUT2D eigenvalue weighted by molar-refractivity contribution is 5.58. The van der Waals surface area contributed by atoms with Crippen LogP contribution in [0.25, 0.3) is 11.5 Å². The zero-order valence-corrected chi connectivity index (χ0v) is 11.3. The van der Waals surface area contributed by atoms with E-state index in [-0.39, 0.29) is 0 Å². The number of hydrogen-bond acceptors (Lipinski definition) is 5. The second-order valence-corrected chi connectivity index (χ2v) is 5.00. The molecule has 1 fully saturated rings. The summed E-state index contributed by atoms with van der Waals surface area (Å²) in [7, 11) is 0. The summed E-state index contributed by atoms with van der Waals surface area (Å²) in [5.74, 6) is 1.68. The maximum absolute atomic E-state index is 5.30. The van der Waals surface area contributed by atoms with E-state index in [1.807, 2.05) is 6.20 Å². The van der Waals surface area contributed by atoms with Crippen molar-refractivity contribution in [2.75, 3.05) is 24.5 Å². The molecule has 100 valence electrons. The number of aryl methyl sites for hydroxylation is 1. The first kappa shape index (κ1) is 12.2. The zero-order chi connectivity index (χ0) is 13.2. The molecule has 0 amide bonds. The first-order valence-corrected chi connectivity index (χ1v) is 6.59. The fraction of sp³-hybridized carbons (Fsp3) is 0.429. The van der Waals surface area contributed by atoms with Gasteiger partial charge in [-0.2, -0.15) is 0 Å². The fourth-order valence-electron chi connectivity index (χ4n) is 2.51. The molecule has 0 spiro atoms. The van der Waals surface area contributed by atoms with Crippen molar-refractivity contribution in [2.45, 2.75) is 19.9 Å². The van der Waals surface area contributed by atoms with Crippen molar-refractivity contribution in [3.05, 3.63) is 30.3 Å². The van der Waals surface area contributed by atoms with Gasteiger partial charge >= 0.3 is 0 Å². The van der Waals surface area contributed by atoms with Crippen LogP contribution in [0.5, 0.6) is 0 Å². The summed E-state index contributed by atoms with van der Waals surface area (Å²) in [5.41, 5.74) is 2.08. The van der Waals surface area contributed by atoms with Gasteiger partial charge in [-0.15, -0.1) is 0 Å². The van der Waals surface area contributed by atoms with Crippen molar-refractivity contribution >= 4 is 5.82 Å². The number of nitrogens with one attached hydrogen (secondary N) is 1. The molecule has 3 heterocycles. The Morgan fingerprint density at radius 3 is 3.00 bits per heavy atom. The molecule has 0 bridgehead atoms. The van der Waals surface area contributed by atoms with Crippen LogP contribution in [0.15, 0.2) is 29.1 Å². The topological polar surface area (TPSA) is 54.2 Å². The van der Waals surface area contributed by atoms with E-state index in [1.165, 1.54) is 0 Å². The SMILES string of the molecule is Cc1cc(-c2ncco2)cnc1N1CCN[C@H](C)C1. The lowest BCUT2D eigenvalue weighted by molar-refractivity contribution is 0.482. The van der Waals surface area contributed by atoms with Crippen LogP contribution < -0.4 is 10.2 Å². The van der Waals surface area contributed by atoms with Crippen molar-refractivity contribution in [1.82, 2.24) is 15.3 Å². The van der Waals surface area contributed by atoms with Crippen molar-refractivity contribution in [2.24, 2.45) is 0 Å². The van der Waals surface area contributed by atoms with E-state index in [9.17, 15) is 0 Å². The molecule has 0 aliphatic carbocycles. The molecule has 5 nitrogen and oxygen atoms in total. The normalized spacial score (nSPS) is 19.7. The summed E-state index contributed by atoms with van der Waals surface area (Å²) < 4.78 is 5.30. The van der Waals surface area contributed by atoms with Gasteiger partial charge in [0.05, 0.1) is 11.8 Å². The summed E-state index contributed by atoms with van der Waals surface area (Å²) in [5, 5.41) is 3.44. The van der Waals surface area contributed by atoms with Crippen molar-refractivity contribution in [3.8, 4) is 11.5 Å². The second-order valence-electron chi connectivity index (χ2n) is 5.00. The number of hydrogen-bond donors (Lipinski definition) is 1. The van der Waals surface area contributed by atoms with E-state index in [2.05, 4.69) is 40.1 Å². The summed E-state index contributed by atoms with van der Waals surface area (Å²) in [4.78, 5) is 11.1. The molecule has 5 heteroatoms. The van der Waals surface area contributed by atoms with Crippen LogP contribution in [0, 0.1) is 6.92 Å². The average Bonchev–Trinajstić information content (AvgIpc) is 2.92. The molecule has 0 unspecified atom stereocenters. The Kier molecular flexibility index (Phi) is 3.21. The molecule has 2 aromatic rings. The third-order valence-electron chi connectivity index (χ3n) is 3.40. The van der Waals surface area contributed by atoms with Crippen LogP contribution >= 0.6 is 0 Å². The highest BCUT2D eigenvalue weighted by Crippen LogP contribution is 2.24. The first-order valence-electron chi connectivity index (χ1n) is 6.59. The van der Waals surface area contributed by atoms with E-state index in [1.54, 1.807) is 12.5 Å². The number of rotatable bonds is 2.